The van der Waals surface area contributed by atoms with Gasteiger partial charge in [0.2, 0.25) is 0 Å². The maximum Gasteiger partial charge on any atom is 1.00 e. The van der Waals surface area contributed by atoms with Gasteiger partial charge >= 0.3 is 18.9 Å². The largest absolute Gasteiger partial charge is 1.00 e. The second kappa shape index (κ2) is 7.31. The molecule has 0 aromatic heterocycles. The topological polar surface area (TPSA) is 0 Å². The van der Waals surface area contributed by atoms with Gasteiger partial charge in [0.05, 0.1) is 0 Å². The van der Waals surface area contributed by atoms with Crippen LogP contribution in [-0.4, -0.2) is 8.80 Å². The third-order valence-corrected chi connectivity index (χ3v) is 5.92. The maximum absolute atomic E-state index is 2.24. The molecule has 92 valence electrons. The molecule has 0 aliphatic carbocycles. The summed E-state index contributed by atoms with van der Waals surface area (Å²) in [6.45, 7) is 0. The Morgan fingerprint density at radius 3 is 0.900 bits per heavy atom. The molecule has 20 heavy (non-hydrogen) atoms. The predicted molar refractivity (Wildman–Crippen MR) is 84.0 cm³/mol. The van der Waals surface area contributed by atoms with Crippen molar-refractivity contribution in [3.05, 3.63) is 91.0 Å². The Bertz CT molecular complexity index is 529. The van der Waals surface area contributed by atoms with E-state index in [1.807, 2.05) is 0 Å². The Balaban J connectivity index is 0.00000147. The van der Waals surface area contributed by atoms with Crippen molar-refractivity contribution in [3.8, 4) is 0 Å². The zero-order valence-electron chi connectivity index (χ0n) is 11.7. The number of hydrogen-bond acceptors (Lipinski definition) is 0. The summed E-state index contributed by atoms with van der Waals surface area (Å²) in [7, 11) is -0.877. The van der Waals surface area contributed by atoms with Gasteiger partial charge in [-0.2, -0.15) is 15.6 Å². The molecule has 0 N–H and O–H groups in total. The molecule has 0 saturated carbocycles. The summed E-state index contributed by atoms with van der Waals surface area (Å²) in [5.74, 6) is 0. The van der Waals surface area contributed by atoms with Gasteiger partial charge in [-0.05, 0) is 0 Å². The average Bonchev–Trinajstić information content (AvgIpc) is 2.51. The molecule has 2 heteroatoms. The standard InChI is InChI=1S/C18H15Si.Li/c1-4-10-16(11-5-1)19(17-12-6-2-7-13-17)18-14-8-3-9-15-18;/h1-15H;/q-1;+1. The van der Waals surface area contributed by atoms with Crippen molar-refractivity contribution in [1.82, 2.24) is 0 Å². The van der Waals surface area contributed by atoms with Gasteiger partial charge < -0.3 is 0 Å². The molecule has 0 bridgehead atoms. The van der Waals surface area contributed by atoms with Gasteiger partial charge in [0.1, 0.15) is 0 Å². The Kier molecular flexibility index (Phi) is 5.44. The second-order valence-corrected chi connectivity index (χ2v) is 6.96. The van der Waals surface area contributed by atoms with Crippen molar-refractivity contribution in [3.63, 3.8) is 0 Å². The minimum absolute atomic E-state index is 0. The molecule has 0 heterocycles. The molecule has 3 rings (SSSR count). The molecule has 0 atom stereocenters. The Morgan fingerprint density at radius 1 is 0.400 bits per heavy atom. The van der Waals surface area contributed by atoms with E-state index in [1.165, 1.54) is 15.6 Å². The molecular formula is C18H15LiSi. The van der Waals surface area contributed by atoms with Crippen LogP contribution >= 0.6 is 0 Å². The van der Waals surface area contributed by atoms with Crippen LogP contribution in [0.1, 0.15) is 0 Å². The van der Waals surface area contributed by atoms with Gasteiger partial charge in [-0.25, -0.2) is 8.80 Å². The quantitative estimate of drug-likeness (QED) is 0.430. The molecule has 0 aliphatic heterocycles. The molecule has 0 fully saturated rings. The van der Waals surface area contributed by atoms with E-state index >= 15 is 0 Å². The molecule has 0 saturated heterocycles. The Labute approximate surface area is 134 Å². The van der Waals surface area contributed by atoms with Crippen molar-refractivity contribution in [2.75, 3.05) is 0 Å². The van der Waals surface area contributed by atoms with Crippen LogP contribution in [0.5, 0.6) is 0 Å². The van der Waals surface area contributed by atoms with Gasteiger partial charge in [0, 0.05) is 0 Å². The van der Waals surface area contributed by atoms with E-state index in [0.29, 0.717) is 0 Å². The summed E-state index contributed by atoms with van der Waals surface area (Å²) < 4.78 is 0. The fourth-order valence-electron chi connectivity index (χ4n) is 2.31. The van der Waals surface area contributed by atoms with Crippen LogP contribution in [0.4, 0.5) is 0 Å². The van der Waals surface area contributed by atoms with Gasteiger partial charge in [0.25, 0.3) is 0 Å². The molecular weight excluding hydrogens is 251 g/mol. The van der Waals surface area contributed by atoms with Crippen LogP contribution in [-0.2, 0) is 0 Å². The molecule has 0 nitrogen and oxygen atoms in total. The van der Waals surface area contributed by atoms with Gasteiger partial charge in [-0.15, -0.1) is 0 Å². The van der Waals surface area contributed by atoms with E-state index in [-0.39, 0.29) is 18.9 Å². The molecule has 0 amide bonds. The summed E-state index contributed by atoms with van der Waals surface area (Å²) in [4.78, 5) is 0. The Hall–Kier alpha value is -1.53. The second-order valence-electron chi connectivity index (χ2n) is 4.47. The fraction of sp³-hybridized carbons (Fsp3) is 0. The van der Waals surface area contributed by atoms with Gasteiger partial charge in [-0.3, -0.25) is 0 Å². The van der Waals surface area contributed by atoms with E-state index in [1.54, 1.807) is 0 Å². The molecule has 0 spiro atoms. The van der Waals surface area contributed by atoms with Gasteiger partial charge in [-0.1, -0.05) is 91.0 Å². The number of hydrogen-bond donors (Lipinski definition) is 0. The van der Waals surface area contributed by atoms with E-state index in [9.17, 15) is 0 Å². The monoisotopic (exact) mass is 266 g/mol. The van der Waals surface area contributed by atoms with Crippen molar-refractivity contribution >= 4 is 24.4 Å². The summed E-state index contributed by atoms with van der Waals surface area (Å²) >= 11 is 0. The minimum Gasteiger partial charge on any atom is -0.219 e. The first-order valence-corrected chi connectivity index (χ1v) is 7.98. The van der Waals surface area contributed by atoms with Gasteiger partial charge in [0.15, 0.2) is 0 Å². The van der Waals surface area contributed by atoms with Crippen molar-refractivity contribution < 1.29 is 18.9 Å². The smallest absolute Gasteiger partial charge is 0.219 e. The van der Waals surface area contributed by atoms with Crippen LogP contribution in [0.15, 0.2) is 91.0 Å². The summed E-state index contributed by atoms with van der Waals surface area (Å²) in [5, 5.41) is 4.31. The third-order valence-electron chi connectivity index (χ3n) is 3.19. The van der Waals surface area contributed by atoms with E-state index in [2.05, 4.69) is 91.0 Å². The SMILES string of the molecule is [Li+].c1ccc([Si-](c2ccccc2)c2ccccc2)cc1. The first-order chi connectivity index (χ1) is 9.45. The molecule has 3 aromatic carbocycles. The zero-order chi connectivity index (χ0) is 12.9. The Morgan fingerprint density at radius 2 is 0.650 bits per heavy atom. The van der Waals surface area contributed by atoms with Crippen LogP contribution in [0.25, 0.3) is 0 Å². The summed E-state index contributed by atoms with van der Waals surface area (Å²) in [5.41, 5.74) is 0. The predicted octanol–water partition coefficient (Wildman–Crippen LogP) is -0.793. The summed E-state index contributed by atoms with van der Waals surface area (Å²) in [6, 6.07) is 32.5. The normalized spacial score (nSPS) is 9.60. The first kappa shape index (κ1) is 14.9. The number of benzene rings is 3. The first-order valence-electron chi connectivity index (χ1n) is 6.48. The molecule has 3 aromatic rings. The van der Waals surface area contributed by atoms with E-state index < -0.39 is 8.80 Å². The molecule has 0 radical (unpaired) electrons. The van der Waals surface area contributed by atoms with Crippen molar-refractivity contribution in [1.29, 1.82) is 0 Å². The van der Waals surface area contributed by atoms with E-state index in [0.717, 1.165) is 0 Å². The summed E-state index contributed by atoms with van der Waals surface area (Å²) in [6.07, 6.45) is 0. The molecule has 0 aliphatic rings. The zero-order valence-corrected chi connectivity index (χ0v) is 12.7. The molecule has 0 unspecified atom stereocenters. The van der Waals surface area contributed by atoms with E-state index in [4.69, 9.17) is 0 Å². The van der Waals surface area contributed by atoms with Crippen LogP contribution in [0.2, 0.25) is 0 Å². The van der Waals surface area contributed by atoms with Crippen molar-refractivity contribution in [2.45, 2.75) is 0 Å². The maximum atomic E-state index is 2.24. The minimum atomic E-state index is -0.877. The fourth-order valence-corrected chi connectivity index (χ4v) is 4.89. The van der Waals surface area contributed by atoms with Crippen LogP contribution < -0.4 is 34.4 Å². The van der Waals surface area contributed by atoms with Crippen LogP contribution in [0, 0.1) is 0 Å². The number of rotatable bonds is 3. The van der Waals surface area contributed by atoms with Crippen molar-refractivity contribution in [2.24, 2.45) is 0 Å². The van der Waals surface area contributed by atoms with Crippen LogP contribution in [0.3, 0.4) is 0 Å². The average molecular weight is 266 g/mol. The third kappa shape index (κ3) is 3.32.